The van der Waals surface area contributed by atoms with Crippen molar-refractivity contribution >= 4 is 29.2 Å². The van der Waals surface area contributed by atoms with Gasteiger partial charge in [0.05, 0.1) is 11.4 Å². The van der Waals surface area contributed by atoms with Crippen LogP contribution in [0.15, 0.2) is 18.2 Å². The molecule has 1 saturated heterocycles. The van der Waals surface area contributed by atoms with Crippen molar-refractivity contribution < 1.29 is 19.5 Å². The molecular weight excluding hydrogens is 298 g/mol. The molecule has 1 aromatic rings. The Balaban J connectivity index is 1.90. The lowest BCUT2D eigenvalue weighted by Crippen LogP contribution is -2.44. The van der Waals surface area contributed by atoms with Gasteiger partial charge in [-0.2, -0.15) is 0 Å². The Hall–Kier alpha value is -2.57. The molecule has 2 aliphatic heterocycles. The van der Waals surface area contributed by atoms with Gasteiger partial charge in [0.2, 0.25) is 5.91 Å². The standard InChI is InChI=1S/C16H19N3O4/c1-9-14(20)17-11-8-10(5-6-12(11)18(9)2)15(21)19-7-3-4-13(19)16(22)23/h5-6,8-9,13H,3-4,7H2,1-2H3,(H,17,20)(H,22,23)/t9?,13-/m0/s1. The van der Waals surface area contributed by atoms with Gasteiger partial charge in [0, 0.05) is 19.2 Å². The first-order valence-corrected chi connectivity index (χ1v) is 7.61. The number of nitrogens with zero attached hydrogens (tertiary/aromatic N) is 2. The minimum atomic E-state index is -0.976. The molecule has 7 nitrogen and oxygen atoms in total. The van der Waals surface area contributed by atoms with Crippen molar-refractivity contribution in [3.8, 4) is 0 Å². The maximum atomic E-state index is 12.6. The maximum Gasteiger partial charge on any atom is 0.326 e. The Morgan fingerprint density at radius 3 is 2.78 bits per heavy atom. The van der Waals surface area contributed by atoms with E-state index in [1.54, 1.807) is 25.1 Å². The first-order chi connectivity index (χ1) is 10.9. The van der Waals surface area contributed by atoms with Crippen LogP contribution in [0.3, 0.4) is 0 Å². The number of hydrogen-bond donors (Lipinski definition) is 2. The zero-order chi connectivity index (χ0) is 16.7. The highest BCUT2D eigenvalue weighted by molar-refractivity contribution is 6.05. The number of rotatable bonds is 2. The Morgan fingerprint density at radius 2 is 2.09 bits per heavy atom. The number of aliphatic carboxylic acids is 1. The lowest BCUT2D eigenvalue weighted by atomic mass is 10.1. The molecule has 0 saturated carbocycles. The second-order valence-electron chi connectivity index (χ2n) is 6.00. The number of carbonyl (C=O) groups excluding carboxylic acids is 2. The molecule has 1 unspecified atom stereocenters. The van der Waals surface area contributed by atoms with Crippen LogP contribution in [0.25, 0.3) is 0 Å². The van der Waals surface area contributed by atoms with E-state index < -0.39 is 12.0 Å². The topological polar surface area (TPSA) is 90.0 Å². The smallest absolute Gasteiger partial charge is 0.326 e. The number of likely N-dealkylation sites (tertiary alicyclic amines) is 1. The molecule has 1 fully saturated rings. The van der Waals surface area contributed by atoms with E-state index in [0.717, 1.165) is 5.69 Å². The number of carbonyl (C=O) groups is 3. The highest BCUT2D eigenvalue weighted by Gasteiger charge is 2.35. The summed E-state index contributed by atoms with van der Waals surface area (Å²) in [6.07, 6.45) is 1.16. The van der Waals surface area contributed by atoms with Crippen LogP contribution in [-0.2, 0) is 9.59 Å². The van der Waals surface area contributed by atoms with Gasteiger partial charge >= 0.3 is 5.97 Å². The Labute approximate surface area is 133 Å². The molecule has 7 heteroatoms. The van der Waals surface area contributed by atoms with Gasteiger partial charge in [-0.15, -0.1) is 0 Å². The third-order valence-electron chi connectivity index (χ3n) is 4.64. The molecule has 3 rings (SSSR count). The summed E-state index contributed by atoms with van der Waals surface area (Å²) in [6.45, 7) is 2.25. The largest absolute Gasteiger partial charge is 0.480 e. The summed E-state index contributed by atoms with van der Waals surface area (Å²) in [5, 5.41) is 12.0. The van der Waals surface area contributed by atoms with Gasteiger partial charge in [0.15, 0.2) is 0 Å². The molecular formula is C16H19N3O4. The van der Waals surface area contributed by atoms with Crippen molar-refractivity contribution in [3.05, 3.63) is 23.8 Å². The number of benzene rings is 1. The molecule has 2 amide bonds. The second kappa shape index (κ2) is 5.57. The van der Waals surface area contributed by atoms with Gasteiger partial charge in [0.1, 0.15) is 12.1 Å². The van der Waals surface area contributed by atoms with Crippen molar-refractivity contribution in [1.82, 2.24) is 4.90 Å². The summed E-state index contributed by atoms with van der Waals surface area (Å²) in [7, 11) is 1.82. The van der Waals surface area contributed by atoms with Crippen molar-refractivity contribution in [3.63, 3.8) is 0 Å². The molecule has 2 aliphatic rings. The van der Waals surface area contributed by atoms with Crippen molar-refractivity contribution in [1.29, 1.82) is 0 Å². The number of amides is 2. The minimum Gasteiger partial charge on any atom is -0.480 e. The minimum absolute atomic E-state index is 0.130. The average Bonchev–Trinajstić information content (AvgIpc) is 3.01. The Morgan fingerprint density at radius 1 is 1.35 bits per heavy atom. The van der Waals surface area contributed by atoms with E-state index in [4.69, 9.17) is 0 Å². The van der Waals surface area contributed by atoms with Gasteiger partial charge < -0.3 is 20.2 Å². The van der Waals surface area contributed by atoms with Crippen LogP contribution < -0.4 is 10.2 Å². The zero-order valence-electron chi connectivity index (χ0n) is 13.1. The van der Waals surface area contributed by atoms with Gasteiger partial charge in [-0.3, -0.25) is 9.59 Å². The molecule has 122 valence electrons. The number of anilines is 2. The van der Waals surface area contributed by atoms with Crippen LogP contribution in [0.2, 0.25) is 0 Å². The van der Waals surface area contributed by atoms with Gasteiger partial charge in [-0.25, -0.2) is 4.79 Å². The summed E-state index contributed by atoms with van der Waals surface area (Å²) in [5.41, 5.74) is 1.80. The molecule has 2 N–H and O–H groups in total. The number of hydrogen-bond acceptors (Lipinski definition) is 4. The maximum absolute atomic E-state index is 12.6. The number of nitrogens with one attached hydrogen (secondary N) is 1. The number of carboxylic acids is 1. The van der Waals surface area contributed by atoms with Gasteiger partial charge in [0.25, 0.3) is 5.91 Å². The van der Waals surface area contributed by atoms with Crippen LogP contribution in [0.1, 0.15) is 30.1 Å². The molecule has 23 heavy (non-hydrogen) atoms. The second-order valence-corrected chi connectivity index (χ2v) is 6.00. The Kier molecular flexibility index (Phi) is 3.71. The highest BCUT2D eigenvalue weighted by atomic mass is 16.4. The summed E-state index contributed by atoms with van der Waals surface area (Å²) in [6, 6.07) is 4.04. The molecule has 0 aromatic heterocycles. The number of carboxylic acid groups (broad SMARTS) is 1. The Bertz CT molecular complexity index is 688. The predicted octanol–water partition coefficient (Wildman–Crippen LogP) is 1.15. The van der Waals surface area contributed by atoms with E-state index in [2.05, 4.69) is 5.32 Å². The fourth-order valence-corrected chi connectivity index (χ4v) is 3.13. The van der Waals surface area contributed by atoms with Crippen LogP contribution in [0, 0.1) is 0 Å². The lowest BCUT2D eigenvalue weighted by Gasteiger charge is -2.33. The molecule has 0 spiro atoms. The van der Waals surface area contributed by atoms with E-state index in [0.29, 0.717) is 30.6 Å². The van der Waals surface area contributed by atoms with Crippen LogP contribution in [-0.4, -0.2) is 53.5 Å². The molecule has 2 atom stereocenters. The van der Waals surface area contributed by atoms with Crippen LogP contribution >= 0.6 is 0 Å². The normalized spacial score (nSPS) is 23.5. The molecule has 0 aliphatic carbocycles. The van der Waals surface area contributed by atoms with Gasteiger partial charge in [-0.1, -0.05) is 0 Å². The van der Waals surface area contributed by atoms with E-state index in [9.17, 15) is 19.5 Å². The zero-order valence-corrected chi connectivity index (χ0v) is 13.1. The van der Waals surface area contributed by atoms with E-state index in [1.165, 1.54) is 4.90 Å². The third-order valence-corrected chi connectivity index (χ3v) is 4.64. The first-order valence-electron chi connectivity index (χ1n) is 7.61. The first kappa shape index (κ1) is 15.3. The number of likely N-dealkylation sites (N-methyl/N-ethyl adjacent to an activating group) is 1. The highest BCUT2D eigenvalue weighted by Crippen LogP contribution is 2.32. The molecule has 1 aromatic carbocycles. The van der Waals surface area contributed by atoms with Gasteiger partial charge in [-0.05, 0) is 38.0 Å². The molecule has 2 heterocycles. The predicted molar refractivity (Wildman–Crippen MR) is 84.6 cm³/mol. The quantitative estimate of drug-likeness (QED) is 0.854. The molecule has 0 bridgehead atoms. The fourth-order valence-electron chi connectivity index (χ4n) is 3.13. The lowest BCUT2D eigenvalue weighted by molar-refractivity contribution is -0.141. The van der Waals surface area contributed by atoms with E-state index >= 15 is 0 Å². The van der Waals surface area contributed by atoms with Crippen LogP contribution in [0.4, 0.5) is 11.4 Å². The molecule has 0 radical (unpaired) electrons. The van der Waals surface area contributed by atoms with Crippen molar-refractivity contribution in [2.24, 2.45) is 0 Å². The van der Waals surface area contributed by atoms with E-state index in [-0.39, 0.29) is 17.9 Å². The summed E-state index contributed by atoms with van der Waals surface area (Å²) in [4.78, 5) is 39.0. The summed E-state index contributed by atoms with van der Waals surface area (Å²) < 4.78 is 0. The van der Waals surface area contributed by atoms with Crippen molar-refractivity contribution in [2.45, 2.75) is 31.8 Å². The van der Waals surface area contributed by atoms with E-state index in [1.807, 2.05) is 11.9 Å². The monoisotopic (exact) mass is 317 g/mol. The third kappa shape index (κ3) is 2.52. The fraction of sp³-hybridized carbons (Fsp3) is 0.438. The SMILES string of the molecule is CC1C(=O)Nc2cc(C(=O)N3CCC[C@H]3C(=O)O)ccc2N1C. The van der Waals surface area contributed by atoms with Crippen molar-refractivity contribution in [2.75, 3.05) is 23.8 Å². The average molecular weight is 317 g/mol. The summed E-state index contributed by atoms with van der Waals surface area (Å²) >= 11 is 0. The number of fused-ring (bicyclic) bond motifs is 1. The van der Waals surface area contributed by atoms with Crippen LogP contribution in [0.5, 0.6) is 0 Å². The summed E-state index contributed by atoms with van der Waals surface area (Å²) in [5.74, 6) is -1.42.